The highest BCUT2D eigenvalue weighted by atomic mass is 19.1. The zero-order chi connectivity index (χ0) is 15.5. The molecule has 0 unspecified atom stereocenters. The van der Waals surface area contributed by atoms with Crippen LogP contribution in [0.3, 0.4) is 0 Å². The summed E-state index contributed by atoms with van der Waals surface area (Å²) in [4.78, 5) is 15.9. The van der Waals surface area contributed by atoms with E-state index in [0.29, 0.717) is 11.1 Å². The third-order valence-electron chi connectivity index (χ3n) is 3.04. The highest BCUT2D eigenvalue weighted by Crippen LogP contribution is 2.20. The van der Waals surface area contributed by atoms with Crippen LogP contribution in [0.25, 0.3) is 6.08 Å². The van der Waals surface area contributed by atoms with Crippen LogP contribution in [0.2, 0.25) is 0 Å². The number of hydrogen-bond acceptors (Lipinski definition) is 4. The van der Waals surface area contributed by atoms with Gasteiger partial charge in [0.15, 0.2) is 5.70 Å². The zero-order valence-corrected chi connectivity index (χ0v) is 11.3. The van der Waals surface area contributed by atoms with E-state index in [-0.39, 0.29) is 17.2 Å². The van der Waals surface area contributed by atoms with Gasteiger partial charge in [-0.2, -0.15) is 5.26 Å². The number of esters is 1. The van der Waals surface area contributed by atoms with Gasteiger partial charge >= 0.3 is 5.97 Å². The van der Waals surface area contributed by atoms with E-state index in [1.807, 2.05) is 6.07 Å². The van der Waals surface area contributed by atoms with Crippen LogP contribution in [0, 0.1) is 17.1 Å². The van der Waals surface area contributed by atoms with Gasteiger partial charge in [0.2, 0.25) is 5.90 Å². The molecule has 0 fully saturated rings. The van der Waals surface area contributed by atoms with Crippen molar-refractivity contribution < 1.29 is 13.9 Å². The minimum absolute atomic E-state index is 0.0633. The van der Waals surface area contributed by atoms with Gasteiger partial charge in [0.05, 0.1) is 17.2 Å². The summed E-state index contributed by atoms with van der Waals surface area (Å²) >= 11 is 0. The molecule has 0 saturated heterocycles. The maximum absolute atomic E-state index is 13.7. The molecule has 5 heteroatoms. The number of carbonyl (C=O) groups excluding carboxylic acids is 1. The average molecular weight is 292 g/mol. The molecule has 3 rings (SSSR count). The number of ether oxygens (including phenoxy) is 1. The molecule has 0 amide bonds. The Kier molecular flexibility index (Phi) is 3.50. The number of carbonyl (C=O) groups is 1. The molecule has 1 aliphatic heterocycles. The van der Waals surface area contributed by atoms with Crippen LogP contribution in [-0.4, -0.2) is 11.9 Å². The molecule has 22 heavy (non-hydrogen) atoms. The molecule has 106 valence electrons. The lowest BCUT2D eigenvalue weighted by Crippen LogP contribution is -2.07. The number of benzene rings is 2. The maximum Gasteiger partial charge on any atom is 0.363 e. The quantitative estimate of drug-likeness (QED) is 0.631. The molecule has 4 nitrogen and oxygen atoms in total. The summed E-state index contributed by atoms with van der Waals surface area (Å²) < 4.78 is 18.7. The fourth-order valence-corrected chi connectivity index (χ4v) is 2.01. The Morgan fingerprint density at radius 1 is 1.18 bits per heavy atom. The number of cyclic esters (lactones) is 1. The van der Waals surface area contributed by atoms with Crippen molar-refractivity contribution in [3.63, 3.8) is 0 Å². The molecular formula is C17H9FN2O2. The van der Waals surface area contributed by atoms with Crippen molar-refractivity contribution in [1.29, 1.82) is 5.26 Å². The van der Waals surface area contributed by atoms with Crippen LogP contribution in [-0.2, 0) is 9.53 Å². The zero-order valence-electron chi connectivity index (χ0n) is 11.3. The van der Waals surface area contributed by atoms with E-state index in [1.165, 1.54) is 18.2 Å². The smallest absolute Gasteiger partial charge is 0.363 e. The van der Waals surface area contributed by atoms with Crippen LogP contribution >= 0.6 is 0 Å². The monoisotopic (exact) mass is 292 g/mol. The van der Waals surface area contributed by atoms with Gasteiger partial charge in [-0.15, -0.1) is 0 Å². The average Bonchev–Trinajstić information content (AvgIpc) is 2.89. The Morgan fingerprint density at radius 3 is 2.77 bits per heavy atom. The van der Waals surface area contributed by atoms with Gasteiger partial charge in [-0.1, -0.05) is 24.3 Å². The third-order valence-corrected chi connectivity index (χ3v) is 3.04. The number of halogens is 1. The van der Waals surface area contributed by atoms with E-state index < -0.39 is 11.8 Å². The largest absolute Gasteiger partial charge is 0.402 e. The fourth-order valence-electron chi connectivity index (χ4n) is 2.01. The first-order valence-electron chi connectivity index (χ1n) is 6.45. The summed E-state index contributed by atoms with van der Waals surface area (Å²) in [6, 6.07) is 14.7. The van der Waals surface area contributed by atoms with Crippen molar-refractivity contribution in [1.82, 2.24) is 0 Å². The fraction of sp³-hybridized carbons (Fsp3) is 0. The van der Waals surface area contributed by atoms with Crippen molar-refractivity contribution in [2.45, 2.75) is 0 Å². The normalized spacial score (nSPS) is 15.4. The Labute approximate surface area is 125 Å². The summed E-state index contributed by atoms with van der Waals surface area (Å²) in [6.45, 7) is 0. The van der Waals surface area contributed by atoms with E-state index in [4.69, 9.17) is 10.00 Å². The van der Waals surface area contributed by atoms with Crippen molar-refractivity contribution in [3.8, 4) is 6.07 Å². The topological polar surface area (TPSA) is 62.4 Å². The number of nitrogens with zero attached hydrogens (tertiary/aromatic N) is 2. The molecule has 1 aliphatic rings. The molecule has 0 bridgehead atoms. The van der Waals surface area contributed by atoms with Crippen LogP contribution in [0.5, 0.6) is 0 Å². The second-order valence-electron chi connectivity index (χ2n) is 4.55. The standard InChI is InChI=1S/C17H9FN2O2/c18-14-7-2-1-6-13(14)16-20-15(17(21)22-16)9-11-4-3-5-12(8-11)10-19/h1-9H/b15-9-. The Bertz CT molecular complexity index is 863. The Hall–Kier alpha value is -3.26. The Balaban J connectivity index is 1.98. The van der Waals surface area contributed by atoms with Crippen molar-refractivity contribution in [2.75, 3.05) is 0 Å². The first-order chi connectivity index (χ1) is 10.7. The summed E-state index contributed by atoms with van der Waals surface area (Å²) in [7, 11) is 0. The number of rotatable bonds is 2. The first-order valence-corrected chi connectivity index (χ1v) is 6.45. The van der Waals surface area contributed by atoms with E-state index in [2.05, 4.69) is 4.99 Å². The van der Waals surface area contributed by atoms with Gasteiger partial charge < -0.3 is 4.74 Å². The van der Waals surface area contributed by atoms with E-state index >= 15 is 0 Å². The number of nitriles is 1. The summed E-state index contributed by atoms with van der Waals surface area (Å²) in [6.07, 6.45) is 1.50. The van der Waals surface area contributed by atoms with Crippen LogP contribution in [0.1, 0.15) is 16.7 Å². The molecule has 0 atom stereocenters. The first kappa shape index (κ1) is 13.7. The lowest BCUT2D eigenvalue weighted by molar-refractivity contribution is -0.129. The van der Waals surface area contributed by atoms with Gasteiger partial charge in [0.25, 0.3) is 0 Å². The molecule has 0 N–H and O–H groups in total. The van der Waals surface area contributed by atoms with Gasteiger partial charge in [0.1, 0.15) is 5.82 Å². The lowest BCUT2D eigenvalue weighted by Gasteiger charge is -1.99. The Morgan fingerprint density at radius 2 is 2.00 bits per heavy atom. The SMILES string of the molecule is N#Cc1cccc(/C=C2\N=C(c3ccccc3F)OC2=O)c1. The molecule has 0 saturated carbocycles. The van der Waals surface area contributed by atoms with Crippen molar-refractivity contribution >= 4 is 17.9 Å². The second kappa shape index (κ2) is 5.62. The van der Waals surface area contributed by atoms with Crippen molar-refractivity contribution in [3.05, 3.63) is 76.7 Å². The molecule has 0 aliphatic carbocycles. The van der Waals surface area contributed by atoms with Crippen LogP contribution < -0.4 is 0 Å². The summed E-state index contributed by atoms with van der Waals surface area (Å²) in [5.41, 5.74) is 1.31. The molecule has 0 spiro atoms. The van der Waals surface area contributed by atoms with Crippen LogP contribution in [0.15, 0.2) is 59.2 Å². The van der Waals surface area contributed by atoms with Gasteiger partial charge in [-0.25, -0.2) is 14.2 Å². The molecule has 0 radical (unpaired) electrons. The lowest BCUT2D eigenvalue weighted by atomic mass is 10.1. The van der Waals surface area contributed by atoms with Crippen molar-refractivity contribution in [2.24, 2.45) is 4.99 Å². The maximum atomic E-state index is 13.7. The van der Waals surface area contributed by atoms with Gasteiger partial charge in [0, 0.05) is 0 Å². The summed E-state index contributed by atoms with van der Waals surface area (Å²) in [5, 5.41) is 8.86. The molecule has 2 aromatic carbocycles. The highest BCUT2D eigenvalue weighted by molar-refractivity contribution is 6.12. The molecule has 2 aromatic rings. The molecule has 0 aromatic heterocycles. The minimum atomic E-state index is -0.652. The minimum Gasteiger partial charge on any atom is -0.402 e. The van der Waals surface area contributed by atoms with Crippen LogP contribution in [0.4, 0.5) is 4.39 Å². The second-order valence-corrected chi connectivity index (χ2v) is 4.55. The molecular weight excluding hydrogens is 283 g/mol. The third kappa shape index (κ3) is 2.63. The molecule has 1 heterocycles. The highest BCUT2D eigenvalue weighted by Gasteiger charge is 2.25. The van der Waals surface area contributed by atoms with Gasteiger partial charge in [-0.05, 0) is 35.9 Å². The summed E-state index contributed by atoms with van der Waals surface area (Å²) in [5.74, 6) is -1.23. The number of aliphatic imine (C=N–C) groups is 1. The van der Waals surface area contributed by atoms with E-state index in [1.54, 1.807) is 36.4 Å². The van der Waals surface area contributed by atoms with E-state index in [0.717, 1.165) is 0 Å². The van der Waals surface area contributed by atoms with Gasteiger partial charge in [-0.3, -0.25) is 0 Å². The van der Waals surface area contributed by atoms with E-state index in [9.17, 15) is 9.18 Å². The predicted molar refractivity (Wildman–Crippen MR) is 78.2 cm³/mol. The predicted octanol–water partition coefficient (Wildman–Crippen LogP) is 3.04. The number of hydrogen-bond donors (Lipinski definition) is 0.